The zero-order valence-corrected chi connectivity index (χ0v) is 19.7. The van der Waals surface area contributed by atoms with E-state index in [9.17, 15) is 9.59 Å². The van der Waals surface area contributed by atoms with E-state index in [1.807, 2.05) is 6.92 Å². The maximum Gasteiger partial charge on any atom is 0.308 e. The van der Waals surface area contributed by atoms with Crippen molar-refractivity contribution in [2.75, 3.05) is 0 Å². The predicted octanol–water partition coefficient (Wildman–Crippen LogP) is 4.53. The van der Waals surface area contributed by atoms with Gasteiger partial charge in [-0.15, -0.1) is 0 Å². The minimum atomic E-state index is -0.872. The Hall–Kier alpha value is -2.39. The van der Waals surface area contributed by atoms with Gasteiger partial charge in [0.25, 0.3) is 0 Å². The molecular formula is C22H26ClN3O5S. The highest BCUT2D eigenvalue weighted by atomic mass is 35.5. The molecule has 1 unspecified atom stereocenters. The molecule has 0 radical (unpaired) electrons. The van der Waals surface area contributed by atoms with Crippen LogP contribution in [0.3, 0.4) is 0 Å². The molecule has 10 heteroatoms. The van der Waals surface area contributed by atoms with Crippen LogP contribution >= 0.6 is 23.4 Å². The van der Waals surface area contributed by atoms with Gasteiger partial charge in [0.05, 0.1) is 10.7 Å². The number of esters is 1. The number of hydrogen-bond donors (Lipinski definition) is 1. The Balaban J connectivity index is 1.62. The average Bonchev–Trinajstić information content (AvgIpc) is 3.19. The SMILES string of the molecule is Cc1cncc(Cl)c1CSc1nc2c(c(OC(C)OC(=O)CCCCC(=O)O)n1)CCC2. The molecule has 0 aliphatic heterocycles. The van der Waals surface area contributed by atoms with Gasteiger partial charge in [0.15, 0.2) is 5.16 Å². The molecule has 0 amide bonds. The van der Waals surface area contributed by atoms with Crippen molar-refractivity contribution in [2.45, 2.75) is 76.0 Å². The molecule has 2 aromatic rings. The van der Waals surface area contributed by atoms with Crippen LogP contribution in [0.5, 0.6) is 5.88 Å². The molecule has 3 rings (SSSR count). The number of carbonyl (C=O) groups excluding carboxylic acids is 1. The van der Waals surface area contributed by atoms with Gasteiger partial charge >= 0.3 is 11.9 Å². The first-order chi connectivity index (χ1) is 15.3. The summed E-state index contributed by atoms with van der Waals surface area (Å²) in [6.45, 7) is 3.61. The lowest BCUT2D eigenvalue weighted by Crippen LogP contribution is -2.22. The smallest absolute Gasteiger partial charge is 0.308 e. The first-order valence-electron chi connectivity index (χ1n) is 10.5. The monoisotopic (exact) mass is 479 g/mol. The van der Waals surface area contributed by atoms with Gasteiger partial charge in [0.2, 0.25) is 12.2 Å². The van der Waals surface area contributed by atoms with E-state index >= 15 is 0 Å². The number of carboxylic acids is 1. The van der Waals surface area contributed by atoms with Crippen LogP contribution in [0.2, 0.25) is 5.02 Å². The summed E-state index contributed by atoms with van der Waals surface area (Å²) in [6.07, 6.45) is 6.32. The summed E-state index contributed by atoms with van der Waals surface area (Å²) in [4.78, 5) is 35.9. The first kappa shape index (κ1) is 24.3. The summed E-state index contributed by atoms with van der Waals surface area (Å²) in [7, 11) is 0. The van der Waals surface area contributed by atoms with Crippen molar-refractivity contribution in [3.8, 4) is 5.88 Å². The maximum atomic E-state index is 12.0. The number of fused-ring (bicyclic) bond motifs is 1. The molecule has 0 fully saturated rings. The molecule has 0 saturated heterocycles. The Labute approximate surface area is 196 Å². The van der Waals surface area contributed by atoms with Crippen molar-refractivity contribution in [3.63, 3.8) is 0 Å². The van der Waals surface area contributed by atoms with Crippen LogP contribution in [0.25, 0.3) is 0 Å². The van der Waals surface area contributed by atoms with Crippen LogP contribution in [0, 0.1) is 6.92 Å². The topological polar surface area (TPSA) is 112 Å². The largest absolute Gasteiger partial charge is 0.481 e. The molecule has 172 valence electrons. The number of unbranched alkanes of at least 4 members (excludes halogenated alkanes) is 1. The summed E-state index contributed by atoms with van der Waals surface area (Å²) < 4.78 is 11.2. The lowest BCUT2D eigenvalue weighted by Gasteiger charge is -2.17. The highest BCUT2D eigenvalue weighted by molar-refractivity contribution is 7.98. The van der Waals surface area contributed by atoms with Gasteiger partial charge in [-0.25, -0.2) is 4.98 Å². The third-order valence-electron chi connectivity index (χ3n) is 5.04. The molecule has 1 atom stereocenters. The number of carbonyl (C=O) groups is 2. The van der Waals surface area contributed by atoms with Gasteiger partial charge < -0.3 is 14.6 Å². The van der Waals surface area contributed by atoms with E-state index in [1.54, 1.807) is 19.3 Å². The zero-order valence-electron chi connectivity index (χ0n) is 18.1. The quantitative estimate of drug-likeness (QED) is 0.163. The third-order valence-corrected chi connectivity index (χ3v) is 6.24. The van der Waals surface area contributed by atoms with Crippen molar-refractivity contribution in [1.82, 2.24) is 15.0 Å². The van der Waals surface area contributed by atoms with Gasteiger partial charge in [-0.1, -0.05) is 23.4 Å². The van der Waals surface area contributed by atoms with E-state index in [-0.39, 0.29) is 12.8 Å². The molecule has 0 aromatic carbocycles. The third kappa shape index (κ3) is 6.80. The van der Waals surface area contributed by atoms with Crippen LogP contribution in [-0.4, -0.2) is 38.3 Å². The Morgan fingerprint density at radius 2 is 2.00 bits per heavy atom. The molecule has 0 spiro atoms. The minimum Gasteiger partial charge on any atom is -0.481 e. The second kappa shape index (κ2) is 11.5. The molecule has 32 heavy (non-hydrogen) atoms. The first-order valence-corrected chi connectivity index (χ1v) is 11.9. The van der Waals surface area contributed by atoms with Gasteiger partial charge in [-0.3, -0.25) is 14.6 Å². The number of halogens is 1. The van der Waals surface area contributed by atoms with Crippen molar-refractivity contribution < 1.29 is 24.2 Å². The van der Waals surface area contributed by atoms with Crippen LogP contribution in [0.4, 0.5) is 0 Å². The number of pyridine rings is 1. The predicted molar refractivity (Wildman–Crippen MR) is 120 cm³/mol. The fourth-order valence-electron chi connectivity index (χ4n) is 3.39. The number of carboxylic acid groups (broad SMARTS) is 1. The number of thioether (sulfide) groups is 1. The number of rotatable bonds is 11. The summed E-state index contributed by atoms with van der Waals surface area (Å²) in [5, 5.41) is 9.85. The van der Waals surface area contributed by atoms with E-state index < -0.39 is 18.2 Å². The van der Waals surface area contributed by atoms with Crippen molar-refractivity contribution in [3.05, 3.63) is 39.8 Å². The maximum absolute atomic E-state index is 12.0. The molecule has 1 aliphatic carbocycles. The fraction of sp³-hybridized carbons (Fsp3) is 0.500. The Bertz CT molecular complexity index is 968. The van der Waals surface area contributed by atoms with E-state index in [0.717, 1.165) is 41.6 Å². The molecule has 1 N–H and O–H groups in total. The highest BCUT2D eigenvalue weighted by Gasteiger charge is 2.23. The number of aromatic nitrogens is 3. The molecule has 0 bridgehead atoms. The Morgan fingerprint density at radius 3 is 2.75 bits per heavy atom. The number of aryl methyl sites for hydroxylation is 2. The molecule has 2 heterocycles. The average molecular weight is 480 g/mol. The zero-order chi connectivity index (χ0) is 23.1. The van der Waals surface area contributed by atoms with Crippen LogP contribution in [0.1, 0.15) is 61.4 Å². The molecule has 1 aliphatic rings. The van der Waals surface area contributed by atoms with Gasteiger partial charge in [-0.2, -0.15) is 4.98 Å². The summed E-state index contributed by atoms with van der Waals surface area (Å²) in [5.41, 5.74) is 3.91. The molecule has 0 saturated carbocycles. The molecule has 2 aromatic heterocycles. The Morgan fingerprint density at radius 1 is 1.22 bits per heavy atom. The second-order valence-electron chi connectivity index (χ2n) is 7.57. The van der Waals surface area contributed by atoms with E-state index in [4.69, 9.17) is 26.2 Å². The number of ether oxygens (including phenoxy) is 2. The second-order valence-corrected chi connectivity index (χ2v) is 8.92. The lowest BCUT2D eigenvalue weighted by molar-refractivity contribution is -0.162. The van der Waals surface area contributed by atoms with Crippen LogP contribution < -0.4 is 4.74 Å². The van der Waals surface area contributed by atoms with Crippen molar-refractivity contribution in [2.24, 2.45) is 0 Å². The molecular weight excluding hydrogens is 454 g/mol. The van der Waals surface area contributed by atoms with Crippen molar-refractivity contribution >= 4 is 35.3 Å². The number of aliphatic carboxylic acids is 1. The van der Waals surface area contributed by atoms with Crippen LogP contribution in [-0.2, 0) is 32.9 Å². The summed E-state index contributed by atoms with van der Waals surface area (Å²) in [5.74, 6) is -0.251. The Kier molecular flexibility index (Phi) is 8.69. The van der Waals surface area contributed by atoms with E-state index in [2.05, 4.69) is 15.0 Å². The number of nitrogens with zero attached hydrogens (tertiary/aromatic N) is 3. The molecule has 8 nitrogen and oxygen atoms in total. The normalized spacial score (nSPS) is 13.5. The number of hydrogen-bond acceptors (Lipinski definition) is 8. The highest BCUT2D eigenvalue weighted by Crippen LogP contribution is 2.33. The lowest BCUT2D eigenvalue weighted by atomic mass is 10.2. The minimum absolute atomic E-state index is 0.0388. The van der Waals surface area contributed by atoms with E-state index in [1.165, 1.54) is 11.8 Å². The van der Waals surface area contributed by atoms with Crippen molar-refractivity contribution in [1.29, 1.82) is 0 Å². The van der Waals surface area contributed by atoms with Crippen LogP contribution in [0.15, 0.2) is 17.6 Å². The van der Waals surface area contributed by atoms with Gasteiger partial charge in [0, 0.05) is 43.5 Å². The fourth-order valence-corrected chi connectivity index (χ4v) is 4.72. The summed E-state index contributed by atoms with van der Waals surface area (Å²) in [6, 6.07) is 0. The van der Waals surface area contributed by atoms with E-state index in [0.29, 0.717) is 34.7 Å². The van der Waals surface area contributed by atoms with Gasteiger partial charge in [-0.05, 0) is 50.2 Å². The standard InChI is InChI=1S/C22H26ClN3O5S/c1-13-10-24-11-17(23)16(13)12-32-22-25-18-7-5-6-15(18)21(26-22)31-14(2)30-20(29)9-4-3-8-19(27)28/h10-11,14H,3-9,12H2,1-2H3,(H,27,28). The summed E-state index contributed by atoms with van der Waals surface area (Å²) >= 11 is 7.75. The van der Waals surface area contributed by atoms with Gasteiger partial charge in [0.1, 0.15) is 0 Å².